The van der Waals surface area contributed by atoms with Crippen LogP contribution in [-0.4, -0.2) is 62.6 Å². The molecule has 0 aliphatic carbocycles. The van der Waals surface area contributed by atoms with Crippen molar-refractivity contribution < 1.29 is 27.9 Å². The molecule has 1 aliphatic heterocycles. The van der Waals surface area contributed by atoms with Gasteiger partial charge in [0.15, 0.2) is 0 Å². The standard InChI is InChI=1S/C19H28N2O6S/c1-13-5-7-14(8-6-13)28(25,26)20-16(15(18(23)24)19(2,3)4)17(22)21-9-11-27-12-10-21/h5-8,15-16,20H,9-12H2,1-4H3,(H,23,24)/t15-,16?/m0/s1. The molecule has 1 aromatic rings. The van der Waals surface area contributed by atoms with Gasteiger partial charge in [0.25, 0.3) is 0 Å². The van der Waals surface area contributed by atoms with E-state index < -0.39 is 39.3 Å². The molecule has 1 unspecified atom stereocenters. The molecule has 0 bridgehead atoms. The van der Waals surface area contributed by atoms with Crippen LogP contribution in [0.25, 0.3) is 0 Å². The summed E-state index contributed by atoms with van der Waals surface area (Å²) in [7, 11) is -4.09. The lowest BCUT2D eigenvalue weighted by Gasteiger charge is -2.37. The Morgan fingerprint density at radius 1 is 1.14 bits per heavy atom. The maximum atomic E-state index is 13.1. The number of hydrogen-bond acceptors (Lipinski definition) is 5. The number of amides is 1. The Morgan fingerprint density at radius 3 is 2.14 bits per heavy atom. The molecule has 2 N–H and O–H groups in total. The van der Waals surface area contributed by atoms with Crippen molar-refractivity contribution in [3.63, 3.8) is 0 Å². The maximum Gasteiger partial charge on any atom is 0.309 e. The van der Waals surface area contributed by atoms with Crippen LogP contribution >= 0.6 is 0 Å². The summed E-state index contributed by atoms with van der Waals surface area (Å²) in [5, 5.41) is 9.80. The van der Waals surface area contributed by atoms with Gasteiger partial charge in [0, 0.05) is 13.1 Å². The predicted octanol–water partition coefficient (Wildman–Crippen LogP) is 1.25. The fourth-order valence-electron chi connectivity index (χ4n) is 3.21. The third kappa shape index (κ3) is 5.30. The molecule has 1 amide bonds. The van der Waals surface area contributed by atoms with E-state index in [2.05, 4.69) is 4.72 Å². The fourth-order valence-corrected chi connectivity index (χ4v) is 4.41. The summed E-state index contributed by atoms with van der Waals surface area (Å²) in [5.74, 6) is -3.03. The summed E-state index contributed by atoms with van der Waals surface area (Å²) in [5.41, 5.74) is 0.0341. The number of carbonyl (C=O) groups is 2. The third-order valence-corrected chi connectivity index (χ3v) is 6.19. The Hall–Kier alpha value is -1.97. The number of hydrogen-bond donors (Lipinski definition) is 2. The zero-order valence-corrected chi connectivity index (χ0v) is 17.5. The van der Waals surface area contributed by atoms with Crippen molar-refractivity contribution in [2.24, 2.45) is 11.3 Å². The van der Waals surface area contributed by atoms with Crippen molar-refractivity contribution >= 4 is 21.9 Å². The summed E-state index contributed by atoms with van der Waals surface area (Å²) < 4.78 is 33.4. The lowest BCUT2D eigenvalue weighted by molar-refractivity contribution is -0.153. The molecule has 1 saturated heterocycles. The molecule has 0 radical (unpaired) electrons. The first kappa shape index (κ1) is 22.3. The highest BCUT2D eigenvalue weighted by molar-refractivity contribution is 7.89. The lowest BCUT2D eigenvalue weighted by Crippen LogP contribution is -2.58. The van der Waals surface area contributed by atoms with Gasteiger partial charge in [0.05, 0.1) is 24.0 Å². The average Bonchev–Trinajstić information content (AvgIpc) is 2.60. The summed E-state index contributed by atoms with van der Waals surface area (Å²) in [6.07, 6.45) is 0. The summed E-state index contributed by atoms with van der Waals surface area (Å²) in [4.78, 5) is 26.6. The minimum Gasteiger partial charge on any atom is -0.481 e. The van der Waals surface area contributed by atoms with E-state index in [1.54, 1.807) is 32.9 Å². The van der Waals surface area contributed by atoms with Crippen LogP contribution < -0.4 is 4.72 Å². The van der Waals surface area contributed by atoms with Crippen molar-refractivity contribution in [2.75, 3.05) is 26.3 Å². The highest BCUT2D eigenvalue weighted by atomic mass is 32.2. The van der Waals surface area contributed by atoms with Crippen LogP contribution in [0.2, 0.25) is 0 Å². The Bertz CT molecular complexity index is 808. The van der Waals surface area contributed by atoms with Gasteiger partial charge in [-0.15, -0.1) is 0 Å². The molecule has 2 atom stereocenters. The van der Waals surface area contributed by atoms with Crippen molar-refractivity contribution in [1.29, 1.82) is 0 Å². The molecular formula is C19H28N2O6S. The maximum absolute atomic E-state index is 13.1. The van der Waals surface area contributed by atoms with E-state index >= 15 is 0 Å². The zero-order chi connectivity index (χ0) is 21.1. The van der Waals surface area contributed by atoms with E-state index in [1.165, 1.54) is 17.0 Å². The van der Waals surface area contributed by atoms with Crippen LogP contribution in [0.1, 0.15) is 26.3 Å². The first-order valence-corrected chi connectivity index (χ1v) is 10.6. The van der Waals surface area contributed by atoms with E-state index in [9.17, 15) is 23.1 Å². The molecule has 1 heterocycles. The van der Waals surface area contributed by atoms with E-state index in [-0.39, 0.29) is 18.0 Å². The Morgan fingerprint density at radius 2 is 1.68 bits per heavy atom. The SMILES string of the molecule is Cc1ccc(S(=O)(=O)NC(C(=O)N2CCOCC2)[C@@H](C(=O)O)C(C)(C)C)cc1. The quantitative estimate of drug-likeness (QED) is 0.727. The molecule has 28 heavy (non-hydrogen) atoms. The number of aryl methyl sites for hydroxylation is 1. The van der Waals surface area contributed by atoms with Gasteiger partial charge < -0.3 is 14.7 Å². The van der Waals surface area contributed by atoms with Gasteiger partial charge in [-0.05, 0) is 24.5 Å². The number of carboxylic acid groups (broad SMARTS) is 1. The predicted molar refractivity (Wildman–Crippen MR) is 103 cm³/mol. The zero-order valence-electron chi connectivity index (χ0n) is 16.6. The van der Waals surface area contributed by atoms with Crippen LogP contribution in [0, 0.1) is 18.3 Å². The van der Waals surface area contributed by atoms with Crippen molar-refractivity contribution in [3.05, 3.63) is 29.8 Å². The highest BCUT2D eigenvalue weighted by Gasteiger charge is 2.45. The number of nitrogens with one attached hydrogen (secondary N) is 1. The number of aliphatic carboxylic acids is 1. The van der Waals surface area contributed by atoms with Gasteiger partial charge >= 0.3 is 5.97 Å². The Balaban J connectivity index is 2.43. The molecule has 1 fully saturated rings. The van der Waals surface area contributed by atoms with Crippen molar-refractivity contribution in [1.82, 2.24) is 9.62 Å². The lowest BCUT2D eigenvalue weighted by atomic mass is 9.76. The van der Waals surface area contributed by atoms with Gasteiger partial charge in [-0.25, -0.2) is 8.42 Å². The van der Waals surface area contributed by atoms with Crippen LogP contribution in [0.5, 0.6) is 0 Å². The average molecular weight is 413 g/mol. The molecule has 1 aromatic carbocycles. The van der Waals surface area contributed by atoms with E-state index in [4.69, 9.17) is 4.74 Å². The molecule has 0 aromatic heterocycles. The summed E-state index contributed by atoms with van der Waals surface area (Å²) in [6, 6.07) is 4.72. The summed E-state index contributed by atoms with van der Waals surface area (Å²) >= 11 is 0. The topological polar surface area (TPSA) is 113 Å². The van der Waals surface area contributed by atoms with E-state index in [1.807, 2.05) is 6.92 Å². The van der Waals surface area contributed by atoms with Crippen LogP contribution in [0.3, 0.4) is 0 Å². The van der Waals surface area contributed by atoms with Crippen molar-refractivity contribution in [3.8, 4) is 0 Å². The van der Waals surface area contributed by atoms with Gasteiger partial charge in [0.1, 0.15) is 6.04 Å². The van der Waals surface area contributed by atoms with Gasteiger partial charge in [-0.2, -0.15) is 4.72 Å². The second kappa shape index (κ2) is 8.59. The van der Waals surface area contributed by atoms with E-state index in [0.29, 0.717) is 13.2 Å². The number of rotatable bonds is 6. The van der Waals surface area contributed by atoms with Crippen LogP contribution in [0.15, 0.2) is 29.2 Å². The number of carbonyl (C=O) groups excluding carboxylic acids is 1. The monoisotopic (exact) mass is 412 g/mol. The molecule has 1 aliphatic rings. The number of benzene rings is 1. The molecule has 0 saturated carbocycles. The molecule has 156 valence electrons. The number of morpholine rings is 1. The van der Waals surface area contributed by atoms with Gasteiger partial charge in [-0.1, -0.05) is 38.5 Å². The second-order valence-electron chi connectivity index (χ2n) is 8.03. The third-order valence-electron chi connectivity index (χ3n) is 4.73. The number of nitrogens with zero attached hydrogens (tertiary/aromatic N) is 1. The van der Waals surface area contributed by atoms with Crippen molar-refractivity contribution in [2.45, 2.75) is 38.6 Å². The number of ether oxygens (including phenoxy) is 1. The minimum absolute atomic E-state index is 0.0177. The molecular weight excluding hydrogens is 384 g/mol. The van der Waals surface area contributed by atoms with Crippen LogP contribution in [0.4, 0.5) is 0 Å². The normalized spacial score (nSPS) is 17.8. The molecule has 2 rings (SSSR count). The number of carboxylic acids is 1. The van der Waals surface area contributed by atoms with Crippen LogP contribution in [-0.2, 0) is 24.3 Å². The molecule has 9 heteroatoms. The molecule has 0 spiro atoms. The first-order valence-electron chi connectivity index (χ1n) is 9.12. The Kier molecular flexibility index (Phi) is 6.84. The largest absolute Gasteiger partial charge is 0.481 e. The second-order valence-corrected chi connectivity index (χ2v) is 9.75. The minimum atomic E-state index is -4.09. The molecule has 8 nitrogen and oxygen atoms in total. The van der Waals surface area contributed by atoms with Gasteiger partial charge in [-0.3, -0.25) is 9.59 Å². The fraction of sp³-hybridized carbons (Fsp3) is 0.579. The summed E-state index contributed by atoms with van der Waals surface area (Å²) in [6.45, 7) is 8.08. The Labute approximate surface area is 165 Å². The first-order chi connectivity index (χ1) is 12.9. The highest BCUT2D eigenvalue weighted by Crippen LogP contribution is 2.31. The number of sulfonamides is 1. The van der Waals surface area contributed by atoms with E-state index in [0.717, 1.165) is 5.56 Å². The van der Waals surface area contributed by atoms with Gasteiger partial charge in [0.2, 0.25) is 15.9 Å². The smallest absolute Gasteiger partial charge is 0.309 e.